The van der Waals surface area contributed by atoms with E-state index < -0.39 is 17.4 Å². The molecule has 2 unspecified atom stereocenters. The van der Waals surface area contributed by atoms with Crippen molar-refractivity contribution >= 4 is 11.9 Å². The first-order chi connectivity index (χ1) is 16.6. The monoisotopic (exact) mass is 462 g/mol. The summed E-state index contributed by atoms with van der Waals surface area (Å²) >= 11 is 0. The molecule has 2 aliphatic carbocycles. The first kappa shape index (κ1) is 24.9. The molecule has 1 fully saturated rings. The van der Waals surface area contributed by atoms with Crippen LogP contribution in [0.25, 0.3) is 11.9 Å². The molecule has 4 rings (SSSR count). The van der Waals surface area contributed by atoms with E-state index in [1.807, 2.05) is 31.2 Å². The van der Waals surface area contributed by atoms with E-state index in [9.17, 15) is 0 Å². The maximum absolute atomic E-state index is 15.6. The number of fused-ring (bicyclic) bond motifs is 1. The minimum atomic E-state index is -1.59. The standard InChI is InChI=1S/C32H40F2/c1-3-5-8-21-32(23-28-10-6-7-11-29(28)30(33)31(32)34)22-20-25-14-18-27(19-15-25)26-16-12-24(9-4-2)13-17-26/h3,5-7,10-11,14-15,18-19,23-24,26,31H,4,8-9,12-13,16-17,20-22H2,1-2H3/b5-3+. The van der Waals surface area contributed by atoms with Crippen molar-refractivity contribution in [2.24, 2.45) is 11.3 Å². The molecular weight excluding hydrogens is 422 g/mol. The molecular formula is C32H40F2. The number of benzene rings is 2. The van der Waals surface area contributed by atoms with E-state index in [4.69, 9.17) is 0 Å². The molecule has 0 radical (unpaired) electrons. The quantitative estimate of drug-likeness (QED) is 0.332. The van der Waals surface area contributed by atoms with Crippen LogP contribution in [-0.4, -0.2) is 6.17 Å². The topological polar surface area (TPSA) is 0 Å². The predicted molar refractivity (Wildman–Crippen MR) is 140 cm³/mol. The van der Waals surface area contributed by atoms with E-state index in [1.165, 1.54) is 49.7 Å². The zero-order valence-electron chi connectivity index (χ0n) is 20.9. The van der Waals surface area contributed by atoms with Gasteiger partial charge in [-0.2, -0.15) is 0 Å². The lowest BCUT2D eigenvalue weighted by Crippen LogP contribution is -2.43. The summed E-state index contributed by atoms with van der Waals surface area (Å²) in [6.07, 6.45) is 15.2. The van der Waals surface area contributed by atoms with Crippen LogP contribution in [0.5, 0.6) is 0 Å². The second-order valence-corrected chi connectivity index (χ2v) is 10.5. The smallest absolute Gasteiger partial charge is 0.161 e. The molecule has 0 bridgehead atoms. The van der Waals surface area contributed by atoms with Crippen LogP contribution in [0, 0.1) is 11.3 Å². The summed E-state index contributed by atoms with van der Waals surface area (Å²) in [6.45, 7) is 4.26. The fourth-order valence-electron chi connectivity index (χ4n) is 6.18. The van der Waals surface area contributed by atoms with Gasteiger partial charge in [-0.15, -0.1) is 0 Å². The zero-order valence-corrected chi connectivity index (χ0v) is 20.9. The summed E-state index contributed by atoms with van der Waals surface area (Å²) in [4.78, 5) is 0. The highest BCUT2D eigenvalue weighted by molar-refractivity contribution is 5.55. The van der Waals surface area contributed by atoms with Gasteiger partial charge in [0.1, 0.15) is 5.83 Å². The van der Waals surface area contributed by atoms with Crippen LogP contribution in [0.2, 0.25) is 0 Å². The van der Waals surface area contributed by atoms with Crippen LogP contribution in [0.15, 0.2) is 60.7 Å². The highest BCUT2D eigenvalue weighted by atomic mass is 19.2. The van der Waals surface area contributed by atoms with Crippen molar-refractivity contribution in [2.45, 2.75) is 90.1 Å². The van der Waals surface area contributed by atoms with Gasteiger partial charge < -0.3 is 0 Å². The second-order valence-electron chi connectivity index (χ2n) is 10.5. The van der Waals surface area contributed by atoms with Gasteiger partial charge in [-0.25, -0.2) is 8.78 Å². The van der Waals surface area contributed by atoms with E-state index >= 15 is 8.78 Å². The molecule has 0 spiro atoms. The fourth-order valence-corrected chi connectivity index (χ4v) is 6.18. The predicted octanol–water partition coefficient (Wildman–Crippen LogP) is 7.95. The van der Waals surface area contributed by atoms with Gasteiger partial charge in [0.05, 0.1) is 0 Å². The normalized spacial score (nSPS) is 26.9. The third kappa shape index (κ3) is 5.53. The van der Waals surface area contributed by atoms with Gasteiger partial charge in [0.2, 0.25) is 0 Å². The summed E-state index contributed by atoms with van der Waals surface area (Å²) in [7, 11) is 0. The number of hydrogen-bond donors (Lipinski definition) is 0. The summed E-state index contributed by atoms with van der Waals surface area (Å²) in [5, 5.41) is 1.23. The van der Waals surface area contributed by atoms with Gasteiger partial charge in [0.15, 0.2) is 6.17 Å². The Bertz CT molecular complexity index is 1070. The van der Waals surface area contributed by atoms with Crippen molar-refractivity contribution in [2.75, 3.05) is 0 Å². The van der Waals surface area contributed by atoms with Gasteiger partial charge >= 0.3 is 0 Å². The zero-order chi connectivity index (χ0) is 24.0. The Kier molecular flexibility index (Phi) is 8.40. The molecule has 0 saturated heterocycles. The molecule has 0 amide bonds. The van der Waals surface area contributed by atoms with E-state index in [1.54, 1.807) is 12.1 Å². The van der Waals surface area contributed by atoms with Crippen LogP contribution in [0.3, 0.4) is 0 Å². The largest absolute Gasteiger partial charge is 0.239 e. The first-order valence-electron chi connectivity index (χ1n) is 13.4. The average Bonchev–Trinajstić information content (AvgIpc) is 2.87. The number of alkyl halides is 1. The van der Waals surface area contributed by atoms with Crippen LogP contribution >= 0.6 is 0 Å². The molecule has 1 saturated carbocycles. The Labute approximate surface area is 204 Å². The SMILES string of the molecule is C/C=C/CCC1(CCc2ccc(C3CCC(CCC)CC3)cc2)C=c2ccccc2=C(F)C1F. The maximum atomic E-state index is 15.6. The fraction of sp³-hybridized carbons (Fsp3) is 0.500. The van der Waals surface area contributed by atoms with Crippen molar-refractivity contribution < 1.29 is 8.78 Å². The van der Waals surface area contributed by atoms with Crippen LogP contribution in [0.4, 0.5) is 8.78 Å². The second kappa shape index (κ2) is 11.5. The van der Waals surface area contributed by atoms with Crippen molar-refractivity contribution in [1.82, 2.24) is 0 Å². The summed E-state index contributed by atoms with van der Waals surface area (Å²) < 4.78 is 30.8. The summed E-state index contributed by atoms with van der Waals surface area (Å²) in [5.41, 5.74) is 1.85. The average molecular weight is 463 g/mol. The molecule has 0 nitrogen and oxygen atoms in total. The minimum absolute atomic E-state index is 0.412. The highest BCUT2D eigenvalue weighted by Gasteiger charge is 2.41. The molecule has 2 aromatic carbocycles. The molecule has 2 aromatic rings. The molecule has 0 aliphatic heterocycles. The van der Waals surface area contributed by atoms with Crippen molar-refractivity contribution in [3.05, 3.63) is 82.2 Å². The third-order valence-corrected chi connectivity index (χ3v) is 8.27. The Balaban J connectivity index is 1.48. The lowest BCUT2D eigenvalue weighted by atomic mass is 9.71. The number of allylic oxidation sites excluding steroid dienone is 2. The van der Waals surface area contributed by atoms with E-state index in [2.05, 4.69) is 37.3 Å². The molecule has 0 N–H and O–H groups in total. The summed E-state index contributed by atoms with van der Waals surface area (Å²) in [5.74, 6) is 0.992. The van der Waals surface area contributed by atoms with Gasteiger partial charge in [-0.05, 0) is 86.5 Å². The molecule has 0 heterocycles. The van der Waals surface area contributed by atoms with E-state index in [-0.39, 0.29) is 0 Å². The Morgan fingerprint density at radius 1 is 0.971 bits per heavy atom. The minimum Gasteiger partial charge on any atom is -0.239 e. The van der Waals surface area contributed by atoms with Crippen molar-refractivity contribution in [1.29, 1.82) is 0 Å². The molecule has 34 heavy (non-hydrogen) atoms. The van der Waals surface area contributed by atoms with Gasteiger partial charge in [-0.1, -0.05) is 86.5 Å². The van der Waals surface area contributed by atoms with Gasteiger partial charge in [0.25, 0.3) is 0 Å². The molecule has 2 heteroatoms. The molecule has 0 aromatic heterocycles. The highest BCUT2D eigenvalue weighted by Crippen LogP contribution is 2.43. The Morgan fingerprint density at radius 3 is 2.41 bits per heavy atom. The van der Waals surface area contributed by atoms with Gasteiger partial charge in [0, 0.05) is 10.6 Å². The van der Waals surface area contributed by atoms with E-state index in [0.29, 0.717) is 24.0 Å². The number of halogens is 2. The maximum Gasteiger partial charge on any atom is 0.161 e. The van der Waals surface area contributed by atoms with Crippen LogP contribution in [-0.2, 0) is 6.42 Å². The lowest BCUT2D eigenvalue weighted by molar-refractivity contribution is 0.180. The molecule has 2 atom stereocenters. The van der Waals surface area contributed by atoms with Crippen LogP contribution in [0.1, 0.15) is 88.7 Å². The number of hydrogen-bond acceptors (Lipinski definition) is 0. The number of aryl methyl sites for hydroxylation is 1. The van der Waals surface area contributed by atoms with Crippen LogP contribution < -0.4 is 10.4 Å². The van der Waals surface area contributed by atoms with E-state index in [0.717, 1.165) is 24.0 Å². The van der Waals surface area contributed by atoms with Crippen molar-refractivity contribution in [3.8, 4) is 0 Å². The molecule has 2 aliphatic rings. The van der Waals surface area contributed by atoms with Gasteiger partial charge in [-0.3, -0.25) is 0 Å². The lowest BCUT2D eigenvalue weighted by Gasteiger charge is -2.35. The Hall–Kier alpha value is -2.22. The number of rotatable bonds is 9. The third-order valence-electron chi connectivity index (χ3n) is 8.27. The summed E-state index contributed by atoms with van der Waals surface area (Å²) in [6, 6.07) is 16.3. The molecule has 182 valence electrons. The first-order valence-corrected chi connectivity index (χ1v) is 13.4. The van der Waals surface area contributed by atoms with Crippen molar-refractivity contribution in [3.63, 3.8) is 0 Å². The Morgan fingerprint density at radius 2 is 1.71 bits per heavy atom.